The number of amides is 1. The smallest absolute Gasteiger partial charge is 0.254 e. The number of carbonyl (C=O) groups is 1. The van der Waals surface area contributed by atoms with Crippen molar-refractivity contribution < 1.29 is 4.79 Å². The molecule has 0 radical (unpaired) electrons. The van der Waals surface area contributed by atoms with Crippen LogP contribution in [0, 0.1) is 13.8 Å². The summed E-state index contributed by atoms with van der Waals surface area (Å²) in [4.78, 5) is 27.4. The molecule has 5 rings (SSSR count). The van der Waals surface area contributed by atoms with E-state index >= 15 is 0 Å². The predicted octanol–water partition coefficient (Wildman–Crippen LogP) is 3.79. The van der Waals surface area contributed by atoms with Crippen molar-refractivity contribution in [2.75, 3.05) is 31.1 Å². The fourth-order valence-electron chi connectivity index (χ4n) is 3.49. The SMILES string of the molecule is Cc1nc2ccc(C(=O)N3CCN(c4nnc(-c5cccs5)s4)CC3)cc2nc1C. The number of aromatic nitrogens is 4. The molecule has 1 saturated heterocycles. The van der Waals surface area contributed by atoms with Crippen molar-refractivity contribution in [2.45, 2.75) is 13.8 Å². The maximum atomic E-state index is 13.0. The minimum absolute atomic E-state index is 0.0353. The number of aryl methyl sites for hydroxylation is 2. The van der Waals surface area contributed by atoms with E-state index in [1.165, 1.54) is 0 Å². The van der Waals surface area contributed by atoms with Crippen LogP contribution < -0.4 is 4.90 Å². The highest BCUT2D eigenvalue weighted by molar-refractivity contribution is 7.22. The summed E-state index contributed by atoms with van der Waals surface area (Å²) in [6.07, 6.45) is 0. The third-order valence-electron chi connectivity index (χ3n) is 5.31. The van der Waals surface area contributed by atoms with Crippen LogP contribution in [0.2, 0.25) is 0 Å². The molecule has 30 heavy (non-hydrogen) atoms. The van der Waals surface area contributed by atoms with E-state index in [2.05, 4.69) is 31.1 Å². The number of piperazine rings is 1. The lowest BCUT2D eigenvalue weighted by Crippen LogP contribution is -2.48. The van der Waals surface area contributed by atoms with Gasteiger partial charge in [-0.05, 0) is 43.5 Å². The van der Waals surface area contributed by atoms with Gasteiger partial charge in [-0.15, -0.1) is 21.5 Å². The minimum atomic E-state index is 0.0353. The Balaban J connectivity index is 1.28. The second kappa shape index (κ2) is 7.73. The van der Waals surface area contributed by atoms with Gasteiger partial charge in [0.2, 0.25) is 5.13 Å². The van der Waals surface area contributed by atoms with Crippen LogP contribution in [0.5, 0.6) is 0 Å². The average Bonchev–Trinajstić information content (AvgIpc) is 3.46. The van der Waals surface area contributed by atoms with E-state index in [1.54, 1.807) is 22.7 Å². The van der Waals surface area contributed by atoms with Crippen LogP contribution in [0.3, 0.4) is 0 Å². The molecule has 0 spiro atoms. The Bertz CT molecular complexity index is 1210. The van der Waals surface area contributed by atoms with E-state index in [0.717, 1.165) is 50.5 Å². The van der Waals surface area contributed by atoms with Crippen molar-refractivity contribution in [2.24, 2.45) is 0 Å². The average molecular weight is 437 g/mol. The van der Waals surface area contributed by atoms with Crippen molar-refractivity contribution in [1.29, 1.82) is 0 Å². The number of fused-ring (bicyclic) bond motifs is 1. The molecular formula is C21H20N6OS2. The zero-order valence-corrected chi connectivity index (χ0v) is 18.3. The lowest BCUT2D eigenvalue weighted by Gasteiger charge is -2.34. The molecule has 0 saturated carbocycles. The zero-order valence-electron chi connectivity index (χ0n) is 16.7. The summed E-state index contributed by atoms with van der Waals surface area (Å²) in [5.41, 5.74) is 4.04. The monoisotopic (exact) mass is 436 g/mol. The van der Waals surface area contributed by atoms with Gasteiger partial charge in [-0.1, -0.05) is 17.4 Å². The van der Waals surface area contributed by atoms with Crippen LogP contribution in [0.1, 0.15) is 21.7 Å². The van der Waals surface area contributed by atoms with Gasteiger partial charge in [0, 0.05) is 31.7 Å². The molecule has 1 amide bonds. The highest BCUT2D eigenvalue weighted by Crippen LogP contribution is 2.32. The summed E-state index contributed by atoms with van der Waals surface area (Å²) in [5.74, 6) is 0.0353. The highest BCUT2D eigenvalue weighted by atomic mass is 32.1. The van der Waals surface area contributed by atoms with Gasteiger partial charge in [0.25, 0.3) is 5.91 Å². The van der Waals surface area contributed by atoms with E-state index in [-0.39, 0.29) is 5.91 Å². The molecule has 9 heteroatoms. The molecule has 1 aliphatic rings. The topological polar surface area (TPSA) is 75.1 Å². The normalized spacial score (nSPS) is 14.5. The van der Waals surface area contributed by atoms with Crippen LogP contribution in [0.4, 0.5) is 5.13 Å². The van der Waals surface area contributed by atoms with Gasteiger partial charge in [-0.25, -0.2) is 9.97 Å². The molecule has 1 aromatic carbocycles. The van der Waals surface area contributed by atoms with Crippen LogP contribution in [0.25, 0.3) is 20.9 Å². The van der Waals surface area contributed by atoms with Gasteiger partial charge in [-0.3, -0.25) is 4.79 Å². The largest absolute Gasteiger partial charge is 0.343 e. The molecule has 1 fully saturated rings. The predicted molar refractivity (Wildman–Crippen MR) is 120 cm³/mol. The number of hydrogen-bond donors (Lipinski definition) is 0. The molecule has 0 bridgehead atoms. The maximum Gasteiger partial charge on any atom is 0.254 e. The van der Waals surface area contributed by atoms with E-state index in [0.29, 0.717) is 18.7 Å². The second-order valence-electron chi connectivity index (χ2n) is 7.24. The summed E-state index contributed by atoms with van der Waals surface area (Å²) in [6.45, 7) is 6.69. The number of hydrogen-bond acceptors (Lipinski definition) is 8. The molecule has 3 aromatic heterocycles. The number of thiophene rings is 1. The van der Waals surface area contributed by atoms with Crippen LogP contribution in [-0.4, -0.2) is 57.2 Å². The summed E-state index contributed by atoms with van der Waals surface area (Å²) in [5, 5.41) is 12.6. The van der Waals surface area contributed by atoms with Gasteiger partial charge in [0.15, 0.2) is 5.01 Å². The van der Waals surface area contributed by atoms with Crippen molar-refractivity contribution in [3.63, 3.8) is 0 Å². The first kappa shape index (κ1) is 19.1. The zero-order chi connectivity index (χ0) is 20.7. The van der Waals surface area contributed by atoms with Crippen molar-refractivity contribution >= 4 is 44.7 Å². The second-order valence-corrected chi connectivity index (χ2v) is 9.15. The van der Waals surface area contributed by atoms with Gasteiger partial charge in [-0.2, -0.15) is 0 Å². The standard InChI is InChI=1S/C21H20N6OS2/c1-13-14(2)23-17-12-15(5-6-16(17)22-13)20(28)26-7-9-27(10-8-26)21-25-24-19(30-21)18-4-3-11-29-18/h3-6,11-12H,7-10H2,1-2H3. The van der Waals surface area contributed by atoms with Crippen molar-refractivity contribution in [1.82, 2.24) is 25.1 Å². The lowest BCUT2D eigenvalue weighted by atomic mass is 10.1. The molecule has 0 aliphatic carbocycles. The minimum Gasteiger partial charge on any atom is -0.343 e. The first-order valence-electron chi connectivity index (χ1n) is 9.75. The Morgan fingerprint density at radius 2 is 1.73 bits per heavy atom. The summed E-state index contributed by atoms with van der Waals surface area (Å²) in [7, 11) is 0. The molecule has 1 aliphatic heterocycles. The first-order chi connectivity index (χ1) is 14.6. The number of rotatable bonds is 3. The Morgan fingerprint density at radius 1 is 0.967 bits per heavy atom. The van der Waals surface area contributed by atoms with Gasteiger partial charge in [0.1, 0.15) is 0 Å². The van der Waals surface area contributed by atoms with E-state index in [9.17, 15) is 4.79 Å². The van der Waals surface area contributed by atoms with Crippen molar-refractivity contribution in [3.05, 3.63) is 52.7 Å². The molecule has 0 atom stereocenters. The number of carbonyl (C=O) groups excluding carboxylic acids is 1. The molecule has 152 valence electrons. The Kier molecular flexibility index (Phi) is 4.92. The fraction of sp³-hybridized carbons (Fsp3) is 0.286. The third kappa shape index (κ3) is 3.54. The number of nitrogens with zero attached hydrogens (tertiary/aromatic N) is 6. The molecule has 0 unspecified atom stereocenters. The summed E-state index contributed by atoms with van der Waals surface area (Å²) >= 11 is 3.27. The maximum absolute atomic E-state index is 13.0. The molecular weight excluding hydrogens is 416 g/mol. The van der Waals surface area contributed by atoms with E-state index < -0.39 is 0 Å². The lowest BCUT2D eigenvalue weighted by molar-refractivity contribution is 0.0747. The van der Waals surface area contributed by atoms with Crippen molar-refractivity contribution in [3.8, 4) is 9.88 Å². The third-order valence-corrected chi connectivity index (χ3v) is 7.33. The molecule has 4 aromatic rings. The Hall–Kier alpha value is -2.91. The van der Waals surface area contributed by atoms with Crippen LogP contribution >= 0.6 is 22.7 Å². The van der Waals surface area contributed by atoms with Gasteiger partial charge < -0.3 is 9.80 Å². The highest BCUT2D eigenvalue weighted by Gasteiger charge is 2.24. The quantitative estimate of drug-likeness (QED) is 0.486. The van der Waals surface area contributed by atoms with E-state index in [4.69, 9.17) is 0 Å². The van der Waals surface area contributed by atoms with Gasteiger partial charge >= 0.3 is 0 Å². The first-order valence-corrected chi connectivity index (χ1v) is 11.4. The Labute approximate surface area is 182 Å². The van der Waals surface area contributed by atoms with E-state index in [1.807, 2.05) is 48.4 Å². The molecule has 7 nitrogen and oxygen atoms in total. The van der Waals surface area contributed by atoms with Gasteiger partial charge in [0.05, 0.1) is 27.3 Å². The fourth-order valence-corrected chi connectivity index (χ4v) is 5.18. The molecule has 0 N–H and O–H groups in total. The number of anilines is 1. The molecule has 4 heterocycles. The summed E-state index contributed by atoms with van der Waals surface area (Å²) in [6, 6.07) is 9.65. The Morgan fingerprint density at radius 3 is 2.47 bits per heavy atom. The number of benzene rings is 1. The van der Waals surface area contributed by atoms with Crippen LogP contribution in [0.15, 0.2) is 35.7 Å². The summed E-state index contributed by atoms with van der Waals surface area (Å²) < 4.78 is 0. The van der Waals surface area contributed by atoms with Crippen LogP contribution in [-0.2, 0) is 0 Å².